The lowest BCUT2D eigenvalue weighted by Crippen LogP contribution is -2.49. The van der Waals surface area contributed by atoms with Crippen molar-refractivity contribution in [1.82, 2.24) is 20.0 Å². The number of halogens is 2. The van der Waals surface area contributed by atoms with Crippen molar-refractivity contribution >= 4 is 36.6 Å². The zero-order valence-corrected chi connectivity index (χ0v) is 16.7. The van der Waals surface area contributed by atoms with Crippen molar-refractivity contribution in [2.45, 2.75) is 38.1 Å². The first kappa shape index (κ1) is 22.5. The van der Waals surface area contributed by atoms with Gasteiger partial charge in [0.2, 0.25) is 11.8 Å². The van der Waals surface area contributed by atoms with Crippen LogP contribution in [0, 0.1) is 5.92 Å². The van der Waals surface area contributed by atoms with Gasteiger partial charge in [-0.05, 0) is 45.2 Å². The van der Waals surface area contributed by atoms with Crippen molar-refractivity contribution in [2.75, 3.05) is 52.9 Å². The van der Waals surface area contributed by atoms with E-state index in [4.69, 9.17) is 0 Å². The summed E-state index contributed by atoms with van der Waals surface area (Å²) in [5.41, 5.74) is 0. The number of amides is 2. The molecule has 3 aliphatic rings. The highest BCUT2D eigenvalue weighted by Crippen LogP contribution is 2.23. The SMILES string of the molecule is CN1CCN(C(=O)CC2CCN(C(=O)C3CCCN3)CC2)CC1.Cl.Cl. The Labute approximate surface area is 163 Å². The van der Waals surface area contributed by atoms with Crippen LogP contribution in [0.15, 0.2) is 0 Å². The number of piperazine rings is 1. The van der Waals surface area contributed by atoms with Gasteiger partial charge in [-0.1, -0.05) is 0 Å². The predicted molar refractivity (Wildman–Crippen MR) is 104 cm³/mol. The summed E-state index contributed by atoms with van der Waals surface area (Å²) in [6, 6.07) is 0.0403. The summed E-state index contributed by atoms with van der Waals surface area (Å²) in [4.78, 5) is 31.1. The number of nitrogens with one attached hydrogen (secondary N) is 1. The number of likely N-dealkylation sites (N-methyl/N-ethyl adjacent to an activating group) is 1. The second-order valence-electron chi connectivity index (χ2n) is 7.31. The summed E-state index contributed by atoms with van der Waals surface area (Å²) in [6.07, 6.45) is 4.68. The fraction of sp³-hybridized carbons (Fsp3) is 0.882. The normalized spacial score (nSPS) is 25.2. The Hall–Kier alpha value is -0.560. The molecule has 2 amide bonds. The first-order valence-electron chi connectivity index (χ1n) is 9.12. The lowest BCUT2D eigenvalue weighted by molar-refractivity contribution is -0.136. The molecule has 0 aromatic rings. The first-order valence-corrected chi connectivity index (χ1v) is 9.12. The van der Waals surface area contributed by atoms with E-state index in [1.54, 1.807) is 0 Å². The van der Waals surface area contributed by atoms with Crippen molar-refractivity contribution in [1.29, 1.82) is 0 Å². The van der Waals surface area contributed by atoms with Crippen LogP contribution >= 0.6 is 24.8 Å². The van der Waals surface area contributed by atoms with Gasteiger partial charge in [0.25, 0.3) is 0 Å². The molecule has 3 aliphatic heterocycles. The Kier molecular flexibility index (Phi) is 9.49. The molecule has 0 aromatic carbocycles. The van der Waals surface area contributed by atoms with Gasteiger partial charge in [0.05, 0.1) is 6.04 Å². The molecule has 3 saturated heterocycles. The molecule has 146 valence electrons. The first-order chi connectivity index (χ1) is 11.1. The predicted octanol–water partition coefficient (Wildman–Crippen LogP) is 0.985. The maximum atomic E-state index is 12.4. The van der Waals surface area contributed by atoms with E-state index >= 15 is 0 Å². The average Bonchev–Trinajstić information content (AvgIpc) is 3.10. The van der Waals surface area contributed by atoms with Crippen molar-refractivity contribution in [2.24, 2.45) is 5.92 Å². The highest BCUT2D eigenvalue weighted by molar-refractivity contribution is 5.85. The summed E-state index contributed by atoms with van der Waals surface area (Å²) in [5.74, 6) is 1.02. The summed E-state index contributed by atoms with van der Waals surface area (Å²) in [5, 5.41) is 3.29. The highest BCUT2D eigenvalue weighted by atomic mass is 35.5. The molecule has 3 rings (SSSR count). The lowest BCUT2D eigenvalue weighted by Gasteiger charge is -2.36. The van der Waals surface area contributed by atoms with Crippen molar-refractivity contribution < 1.29 is 9.59 Å². The van der Waals surface area contributed by atoms with Gasteiger partial charge in [-0.3, -0.25) is 9.59 Å². The Morgan fingerprint density at radius 3 is 2.12 bits per heavy atom. The molecule has 0 spiro atoms. The highest BCUT2D eigenvalue weighted by Gasteiger charge is 2.31. The number of hydrogen-bond donors (Lipinski definition) is 1. The average molecular weight is 395 g/mol. The fourth-order valence-corrected chi connectivity index (χ4v) is 3.91. The molecule has 1 unspecified atom stereocenters. The molecule has 8 heteroatoms. The fourth-order valence-electron chi connectivity index (χ4n) is 3.91. The van der Waals surface area contributed by atoms with Crippen LogP contribution in [0.3, 0.4) is 0 Å². The minimum atomic E-state index is 0. The van der Waals surface area contributed by atoms with Crippen LogP contribution in [0.5, 0.6) is 0 Å². The number of piperidine rings is 1. The Bertz CT molecular complexity index is 430. The summed E-state index contributed by atoms with van der Waals surface area (Å²) < 4.78 is 0. The Balaban J connectivity index is 0.00000156. The minimum Gasteiger partial charge on any atom is -0.341 e. The van der Waals surface area contributed by atoms with Crippen molar-refractivity contribution in [3.63, 3.8) is 0 Å². The number of nitrogens with zero attached hydrogens (tertiary/aromatic N) is 3. The molecular weight excluding hydrogens is 363 g/mol. The summed E-state index contributed by atoms with van der Waals surface area (Å²) in [6.45, 7) is 6.28. The van der Waals surface area contributed by atoms with Crippen LogP contribution < -0.4 is 5.32 Å². The third kappa shape index (κ3) is 5.98. The number of hydrogen-bond acceptors (Lipinski definition) is 4. The van der Waals surface area contributed by atoms with Crippen molar-refractivity contribution in [3.05, 3.63) is 0 Å². The van der Waals surface area contributed by atoms with E-state index in [9.17, 15) is 9.59 Å². The third-order valence-corrected chi connectivity index (χ3v) is 5.60. The second kappa shape index (κ2) is 10.6. The molecule has 0 radical (unpaired) electrons. The third-order valence-electron chi connectivity index (χ3n) is 5.60. The molecule has 6 nitrogen and oxygen atoms in total. The molecule has 0 aromatic heterocycles. The summed E-state index contributed by atoms with van der Waals surface area (Å²) in [7, 11) is 2.10. The van der Waals surface area contributed by atoms with Crippen molar-refractivity contribution in [3.8, 4) is 0 Å². The Morgan fingerprint density at radius 2 is 1.56 bits per heavy atom. The molecule has 3 fully saturated rings. The number of carbonyl (C=O) groups is 2. The van der Waals surface area contributed by atoms with E-state index in [1.807, 2.05) is 9.80 Å². The van der Waals surface area contributed by atoms with Gasteiger partial charge in [0.15, 0.2) is 0 Å². The monoisotopic (exact) mass is 394 g/mol. The van der Waals surface area contributed by atoms with Gasteiger partial charge in [-0.25, -0.2) is 0 Å². The molecule has 1 N–H and O–H groups in total. The van der Waals surface area contributed by atoms with E-state index in [2.05, 4.69) is 17.3 Å². The molecule has 25 heavy (non-hydrogen) atoms. The summed E-state index contributed by atoms with van der Waals surface area (Å²) >= 11 is 0. The maximum absolute atomic E-state index is 12.4. The van der Waals surface area contributed by atoms with E-state index in [0.717, 1.165) is 71.5 Å². The molecule has 1 atom stereocenters. The van der Waals surface area contributed by atoms with E-state index < -0.39 is 0 Å². The molecule has 0 bridgehead atoms. The standard InChI is InChI=1S/C17H30N4O2.2ClH/c1-19-9-11-20(12-10-19)16(22)13-14-4-7-21(8-5-14)17(23)15-3-2-6-18-15;;/h14-15,18H,2-13H2,1H3;2*1H. The van der Waals surface area contributed by atoms with Crippen LogP contribution in [0.2, 0.25) is 0 Å². The van der Waals surface area contributed by atoms with E-state index in [0.29, 0.717) is 18.2 Å². The van der Waals surface area contributed by atoms with E-state index in [1.165, 1.54) is 0 Å². The number of likely N-dealkylation sites (tertiary alicyclic amines) is 1. The minimum absolute atomic E-state index is 0. The van der Waals surface area contributed by atoms with Gasteiger partial charge in [0.1, 0.15) is 0 Å². The topological polar surface area (TPSA) is 55.9 Å². The van der Waals surface area contributed by atoms with Gasteiger partial charge in [-0.2, -0.15) is 0 Å². The van der Waals surface area contributed by atoms with E-state index in [-0.39, 0.29) is 36.8 Å². The number of rotatable bonds is 3. The van der Waals surface area contributed by atoms with Gasteiger partial charge in [0, 0.05) is 45.7 Å². The van der Waals surface area contributed by atoms with Crippen LogP contribution in [0.1, 0.15) is 32.1 Å². The molecule has 3 heterocycles. The van der Waals surface area contributed by atoms with Crippen LogP contribution in [0.4, 0.5) is 0 Å². The van der Waals surface area contributed by atoms with Crippen LogP contribution in [-0.4, -0.2) is 85.4 Å². The second-order valence-corrected chi connectivity index (χ2v) is 7.31. The van der Waals surface area contributed by atoms with Gasteiger partial charge < -0.3 is 20.0 Å². The number of carbonyl (C=O) groups excluding carboxylic acids is 2. The smallest absolute Gasteiger partial charge is 0.239 e. The molecule has 0 aliphatic carbocycles. The largest absolute Gasteiger partial charge is 0.341 e. The maximum Gasteiger partial charge on any atom is 0.239 e. The molecule has 0 saturated carbocycles. The lowest BCUT2D eigenvalue weighted by atomic mass is 9.92. The quantitative estimate of drug-likeness (QED) is 0.774. The van der Waals surface area contributed by atoms with Crippen LogP contribution in [-0.2, 0) is 9.59 Å². The Morgan fingerprint density at radius 1 is 0.920 bits per heavy atom. The van der Waals surface area contributed by atoms with Crippen LogP contribution in [0.25, 0.3) is 0 Å². The molecular formula is C17H32Cl2N4O2. The van der Waals surface area contributed by atoms with Gasteiger partial charge in [-0.15, -0.1) is 24.8 Å². The van der Waals surface area contributed by atoms with Gasteiger partial charge >= 0.3 is 0 Å². The zero-order valence-electron chi connectivity index (χ0n) is 15.1. The zero-order chi connectivity index (χ0) is 16.2.